The molecule has 0 aliphatic carbocycles. The van der Waals surface area contributed by atoms with E-state index in [9.17, 15) is 0 Å². The summed E-state index contributed by atoms with van der Waals surface area (Å²) in [6, 6.07) is 0. The molecular formula is C40H82O8. The fourth-order valence-corrected chi connectivity index (χ4v) is 5.51. The van der Waals surface area contributed by atoms with Crippen LogP contribution < -0.4 is 0 Å². The van der Waals surface area contributed by atoms with Gasteiger partial charge in [-0.05, 0) is 86.0 Å². The maximum absolute atomic E-state index is 7.36. The molecule has 0 fully saturated rings. The van der Waals surface area contributed by atoms with E-state index in [2.05, 4.69) is 62.3 Å². The standard InChI is InChI=1S/C40H82O8/c1-15-21-24-26-31-44-40(48-37(12,13)14,43-30-25-22-16-2)39(45-32-33(7)8,47-35(11)20-6)38(46-34(9)10,42-29-23-17-3)36(27-18-4)41-28-19-5/h33-36H,15-32H2,1-14H3. The van der Waals surface area contributed by atoms with Gasteiger partial charge in [0.1, 0.15) is 6.10 Å². The summed E-state index contributed by atoms with van der Waals surface area (Å²) in [5, 5.41) is 0. The van der Waals surface area contributed by atoms with Crippen molar-refractivity contribution in [3.05, 3.63) is 0 Å². The summed E-state index contributed by atoms with van der Waals surface area (Å²) in [6.45, 7) is 31.4. The van der Waals surface area contributed by atoms with E-state index >= 15 is 0 Å². The Hall–Kier alpha value is -0.320. The molecule has 0 rings (SSSR count). The third-order valence-electron chi connectivity index (χ3n) is 7.92. The molecular weight excluding hydrogens is 608 g/mol. The van der Waals surface area contributed by atoms with Gasteiger partial charge in [-0.15, -0.1) is 0 Å². The average molecular weight is 691 g/mol. The van der Waals surface area contributed by atoms with Crippen LogP contribution in [0.1, 0.15) is 180 Å². The second-order valence-electron chi connectivity index (χ2n) is 15.1. The molecule has 8 heteroatoms. The van der Waals surface area contributed by atoms with Gasteiger partial charge in [-0.2, -0.15) is 0 Å². The first-order valence-electron chi connectivity index (χ1n) is 19.9. The molecule has 0 aromatic rings. The van der Waals surface area contributed by atoms with E-state index in [0.717, 1.165) is 70.6 Å². The fraction of sp³-hybridized carbons (Fsp3) is 1.00. The molecule has 0 amide bonds. The topological polar surface area (TPSA) is 73.8 Å². The lowest BCUT2D eigenvalue weighted by Crippen LogP contribution is -2.80. The van der Waals surface area contributed by atoms with Crippen LogP contribution in [0, 0.1) is 5.92 Å². The van der Waals surface area contributed by atoms with Gasteiger partial charge in [0.2, 0.25) is 0 Å². The van der Waals surface area contributed by atoms with Crippen LogP contribution in [0.25, 0.3) is 0 Å². The smallest absolute Gasteiger partial charge is 0.347 e. The number of ether oxygens (including phenoxy) is 8. The molecule has 0 aromatic carbocycles. The highest BCUT2D eigenvalue weighted by Gasteiger charge is 2.76. The summed E-state index contributed by atoms with van der Waals surface area (Å²) in [4.78, 5) is 0. The van der Waals surface area contributed by atoms with E-state index in [1.165, 1.54) is 0 Å². The zero-order chi connectivity index (χ0) is 36.7. The molecule has 5 unspecified atom stereocenters. The van der Waals surface area contributed by atoms with E-state index in [-0.39, 0.29) is 18.1 Å². The molecule has 0 aliphatic heterocycles. The Kier molecular flexibility index (Phi) is 25.4. The summed E-state index contributed by atoms with van der Waals surface area (Å²) >= 11 is 0. The largest absolute Gasteiger partial charge is 0.372 e. The van der Waals surface area contributed by atoms with Crippen molar-refractivity contribution in [3.8, 4) is 0 Å². The van der Waals surface area contributed by atoms with Crippen molar-refractivity contribution in [1.82, 2.24) is 0 Å². The van der Waals surface area contributed by atoms with Gasteiger partial charge < -0.3 is 37.9 Å². The predicted molar refractivity (Wildman–Crippen MR) is 198 cm³/mol. The highest BCUT2D eigenvalue weighted by atomic mass is 16.9. The van der Waals surface area contributed by atoms with Gasteiger partial charge in [-0.3, -0.25) is 0 Å². The normalized spacial score (nSPS) is 17.8. The highest BCUT2D eigenvalue weighted by molar-refractivity contribution is 5.04. The van der Waals surface area contributed by atoms with Gasteiger partial charge in [-0.25, -0.2) is 0 Å². The Morgan fingerprint density at radius 3 is 1.58 bits per heavy atom. The van der Waals surface area contributed by atoms with Gasteiger partial charge >= 0.3 is 11.8 Å². The lowest BCUT2D eigenvalue weighted by atomic mass is 9.90. The second-order valence-corrected chi connectivity index (χ2v) is 15.1. The third-order valence-corrected chi connectivity index (χ3v) is 7.92. The number of unbranched alkanes of at least 4 members (excludes halogenated alkanes) is 6. The van der Waals surface area contributed by atoms with Crippen LogP contribution in [0.2, 0.25) is 0 Å². The molecule has 0 heterocycles. The van der Waals surface area contributed by atoms with E-state index in [0.29, 0.717) is 45.9 Å². The van der Waals surface area contributed by atoms with Gasteiger partial charge in [0.15, 0.2) is 0 Å². The molecule has 0 saturated heterocycles. The Balaban J connectivity index is 8.44. The molecule has 0 radical (unpaired) electrons. The lowest BCUT2D eigenvalue weighted by Gasteiger charge is -2.59. The molecule has 0 N–H and O–H groups in total. The van der Waals surface area contributed by atoms with Crippen molar-refractivity contribution in [2.75, 3.05) is 33.0 Å². The summed E-state index contributed by atoms with van der Waals surface area (Å²) in [7, 11) is 0. The molecule has 5 atom stereocenters. The van der Waals surface area contributed by atoms with Gasteiger partial charge in [0, 0.05) is 6.61 Å². The minimum absolute atomic E-state index is 0.149. The Morgan fingerprint density at radius 1 is 0.542 bits per heavy atom. The monoisotopic (exact) mass is 691 g/mol. The summed E-state index contributed by atoms with van der Waals surface area (Å²) in [5.74, 6) is -5.20. The van der Waals surface area contributed by atoms with E-state index < -0.39 is 29.3 Å². The van der Waals surface area contributed by atoms with Gasteiger partial charge in [-0.1, -0.05) is 100 Å². The molecule has 0 aromatic heterocycles. The Bertz CT molecular complexity index is 756. The van der Waals surface area contributed by atoms with Crippen LogP contribution in [0.15, 0.2) is 0 Å². The highest BCUT2D eigenvalue weighted by Crippen LogP contribution is 2.51. The first-order valence-corrected chi connectivity index (χ1v) is 19.9. The van der Waals surface area contributed by atoms with Crippen molar-refractivity contribution in [2.45, 2.75) is 222 Å². The van der Waals surface area contributed by atoms with Crippen LogP contribution in [-0.2, 0) is 37.9 Å². The zero-order valence-corrected chi connectivity index (χ0v) is 34.3. The van der Waals surface area contributed by atoms with E-state index in [1.807, 2.05) is 34.6 Å². The van der Waals surface area contributed by atoms with Crippen molar-refractivity contribution < 1.29 is 37.9 Å². The Labute approximate surface area is 298 Å². The number of rotatable bonds is 32. The van der Waals surface area contributed by atoms with Crippen LogP contribution in [0.4, 0.5) is 0 Å². The van der Waals surface area contributed by atoms with Crippen molar-refractivity contribution in [2.24, 2.45) is 5.92 Å². The molecule has 48 heavy (non-hydrogen) atoms. The lowest BCUT2D eigenvalue weighted by molar-refractivity contribution is -0.576. The van der Waals surface area contributed by atoms with Crippen LogP contribution >= 0.6 is 0 Å². The summed E-state index contributed by atoms with van der Waals surface area (Å²) in [6.07, 6.45) is 10.6. The predicted octanol–water partition coefficient (Wildman–Crippen LogP) is 11.0. The van der Waals surface area contributed by atoms with Gasteiger partial charge in [0.25, 0.3) is 5.79 Å². The first kappa shape index (κ1) is 47.7. The van der Waals surface area contributed by atoms with E-state index in [1.54, 1.807) is 0 Å². The molecule has 0 bridgehead atoms. The fourth-order valence-electron chi connectivity index (χ4n) is 5.51. The first-order chi connectivity index (χ1) is 22.7. The Morgan fingerprint density at radius 2 is 1.10 bits per heavy atom. The minimum Gasteiger partial charge on any atom is -0.372 e. The third kappa shape index (κ3) is 15.9. The van der Waals surface area contributed by atoms with Crippen molar-refractivity contribution in [3.63, 3.8) is 0 Å². The summed E-state index contributed by atoms with van der Waals surface area (Å²) < 4.78 is 57.2. The molecule has 290 valence electrons. The number of hydrogen-bond acceptors (Lipinski definition) is 8. The van der Waals surface area contributed by atoms with Crippen molar-refractivity contribution >= 4 is 0 Å². The maximum Gasteiger partial charge on any atom is 0.347 e. The molecule has 0 aliphatic rings. The van der Waals surface area contributed by atoms with E-state index in [4.69, 9.17) is 37.9 Å². The maximum atomic E-state index is 7.36. The molecule has 0 spiro atoms. The van der Waals surface area contributed by atoms with Crippen LogP contribution in [0.3, 0.4) is 0 Å². The molecule has 8 nitrogen and oxygen atoms in total. The SMILES string of the molecule is CCCCCCOC(OCCCCC)(OC(C)(C)C)C(OCC(C)C)(OC(C)CC)C(OCCCC)(OC(C)C)C(CCC)OCCC. The molecule has 0 saturated carbocycles. The quantitative estimate of drug-likeness (QED) is 0.0510. The van der Waals surface area contributed by atoms with Crippen molar-refractivity contribution in [1.29, 1.82) is 0 Å². The summed E-state index contributed by atoms with van der Waals surface area (Å²) in [5.41, 5.74) is -0.725. The van der Waals surface area contributed by atoms with Gasteiger partial charge in [0.05, 0.1) is 44.2 Å². The van der Waals surface area contributed by atoms with Crippen LogP contribution in [0.5, 0.6) is 0 Å². The zero-order valence-electron chi connectivity index (χ0n) is 34.3. The second kappa shape index (κ2) is 25.6. The average Bonchev–Trinajstić information content (AvgIpc) is 3.01. The van der Waals surface area contributed by atoms with Crippen LogP contribution in [-0.4, -0.2) is 74.5 Å². The minimum atomic E-state index is -1.87. The number of hydrogen-bond donors (Lipinski definition) is 0.